The molecule has 0 spiro atoms. The first-order chi connectivity index (χ1) is 18.3. The van der Waals surface area contributed by atoms with Crippen LogP contribution in [0.2, 0.25) is 0 Å². The van der Waals surface area contributed by atoms with E-state index in [0.717, 1.165) is 44.1 Å². The molecule has 0 saturated carbocycles. The summed E-state index contributed by atoms with van der Waals surface area (Å²) in [5.74, 6) is -0.0435. The summed E-state index contributed by atoms with van der Waals surface area (Å²) in [5.41, 5.74) is 7.33. The molecule has 2 aromatic carbocycles. The van der Waals surface area contributed by atoms with Gasteiger partial charge in [0, 0.05) is 46.4 Å². The molecule has 0 aliphatic carbocycles. The molecule has 3 heterocycles. The van der Waals surface area contributed by atoms with Gasteiger partial charge in [-0.05, 0) is 92.6 Å². The molecule has 6 nitrogen and oxygen atoms in total. The van der Waals surface area contributed by atoms with Crippen molar-refractivity contribution in [2.24, 2.45) is 0 Å². The minimum atomic E-state index is -0.139. The first-order valence-electron chi connectivity index (χ1n) is 12.6. The van der Waals surface area contributed by atoms with Gasteiger partial charge in [0.25, 0.3) is 0 Å². The number of thiocarbonyl (C=S) groups is 1. The van der Waals surface area contributed by atoms with Gasteiger partial charge < -0.3 is 20.1 Å². The van der Waals surface area contributed by atoms with Gasteiger partial charge in [0.1, 0.15) is 0 Å². The number of carbonyl (C=O) groups is 1. The molecule has 2 atom stereocenters. The summed E-state index contributed by atoms with van der Waals surface area (Å²) in [5, 5.41) is 7.15. The number of rotatable bonds is 7. The molecule has 1 amide bonds. The van der Waals surface area contributed by atoms with Crippen LogP contribution in [0.25, 0.3) is 5.69 Å². The number of nitrogens with one attached hydrogen (secondary N) is 2. The Kier molecular flexibility index (Phi) is 7.63. The highest BCUT2D eigenvalue weighted by atomic mass is 79.9. The summed E-state index contributed by atoms with van der Waals surface area (Å²) < 4.78 is 3.29. The van der Waals surface area contributed by atoms with Gasteiger partial charge >= 0.3 is 0 Å². The predicted octanol–water partition coefficient (Wildman–Crippen LogP) is 6.56. The fourth-order valence-electron chi connectivity index (χ4n) is 5.25. The molecule has 0 radical (unpaired) electrons. The van der Waals surface area contributed by atoms with Gasteiger partial charge in [0.15, 0.2) is 5.11 Å². The molecule has 2 N–H and O–H groups in total. The van der Waals surface area contributed by atoms with E-state index in [-0.39, 0.29) is 18.0 Å². The molecule has 2 aromatic heterocycles. The second-order valence-electron chi connectivity index (χ2n) is 9.63. The zero-order valence-electron chi connectivity index (χ0n) is 21.6. The van der Waals surface area contributed by atoms with Gasteiger partial charge in [-0.2, -0.15) is 0 Å². The van der Waals surface area contributed by atoms with E-state index in [1.54, 1.807) is 6.20 Å². The van der Waals surface area contributed by atoms with Crippen molar-refractivity contribution >= 4 is 44.9 Å². The van der Waals surface area contributed by atoms with Crippen LogP contribution < -0.4 is 10.6 Å². The maximum absolute atomic E-state index is 12.9. The number of anilines is 1. The van der Waals surface area contributed by atoms with Crippen LogP contribution in [0.3, 0.4) is 0 Å². The van der Waals surface area contributed by atoms with Crippen molar-refractivity contribution < 1.29 is 4.79 Å². The number of hydrogen-bond donors (Lipinski definition) is 2. The van der Waals surface area contributed by atoms with E-state index >= 15 is 0 Å². The highest BCUT2D eigenvalue weighted by Gasteiger charge is 2.41. The first kappa shape index (κ1) is 26.1. The van der Waals surface area contributed by atoms with E-state index in [1.165, 1.54) is 0 Å². The number of benzene rings is 2. The average Bonchev–Trinajstić information content (AvgIpc) is 3.37. The molecule has 1 aliphatic rings. The van der Waals surface area contributed by atoms with Crippen LogP contribution in [0, 0.1) is 20.8 Å². The number of aryl methyl sites for hydroxylation is 2. The van der Waals surface area contributed by atoms with E-state index in [1.807, 2.05) is 61.5 Å². The molecular formula is C30H30BrN5OS. The zero-order chi connectivity index (χ0) is 26.8. The Hall–Kier alpha value is -3.49. The van der Waals surface area contributed by atoms with Crippen LogP contribution in [0.4, 0.5) is 5.69 Å². The summed E-state index contributed by atoms with van der Waals surface area (Å²) >= 11 is 9.44. The Bertz CT molecular complexity index is 1490. The van der Waals surface area contributed by atoms with E-state index in [4.69, 9.17) is 12.2 Å². The number of nitrogens with zero attached hydrogens (tertiary/aromatic N) is 3. The molecule has 8 heteroatoms. The lowest BCUT2D eigenvalue weighted by Gasteiger charge is -2.28. The summed E-state index contributed by atoms with van der Waals surface area (Å²) in [7, 11) is 0. The van der Waals surface area contributed by atoms with Gasteiger partial charge in [-0.3, -0.25) is 9.78 Å². The van der Waals surface area contributed by atoms with Crippen molar-refractivity contribution in [1.82, 2.24) is 19.8 Å². The lowest BCUT2D eigenvalue weighted by atomic mass is 9.96. The number of hydrogen-bond acceptors (Lipinski definition) is 3. The lowest BCUT2D eigenvalue weighted by molar-refractivity contribution is -0.116. The normalized spacial score (nSPS) is 16.9. The van der Waals surface area contributed by atoms with E-state index in [2.05, 4.69) is 73.1 Å². The van der Waals surface area contributed by atoms with Crippen LogP contribution in [0.5, 0.6) is 0 Å². The minimum Gasteiger partial charge on any atom is -0.352 e. The van der Waals surface area contributed by atoms with E-state index < -0.39 is 0 Å². The maximum atomic E-state index is 12.9. The Morgan fingerprint density at radius 3 is 2.61 bits per heavy atom. The molecule has 5 rings (SSSR count). The summed E-state index contributed by atoms with van der Waals surface area (Å²) in [4.78, 5) is 19.7. The van der Waals surface area contributed by atoms with E-state index in [0.29, 0.717) is 18.1 Å². The van der Waals surface area contributed by atoms with Crippen molar-refractivity contribution in [1.29, 1.82) is 0 Å². The fraction of sp³-hybridized carbons (Fsp3) is 0.233. The minimum absolute atomic E-state index is 0.0435. The topological polar surface area (TPSA) is 62.2 Å². The standard InChI is InChI=1S/C30H30BrN5OS/c1-19-8-6-10-23(16-19)33-27(37)13-15-35-29(28(34-30(35)38)26-12-4-5-14-32-26)25-17-20(2)36(21(25)3)24-11-7-9-22(31)18-24/h4-12,14,16-18,28-29H,13,15H2,1-3H3,(H,33,37)(H,34,38)/t28-,29+/m0/s1. The van der Waals surface area contributed by atoms with Crippen LogP contribution >= 0.6 is 28.1 Å². The monoisotopic (exact) mass is 587 g/mol. The Morgan fingerprint density at radius 2 is 1.87 bits per heavy atom. The Labute approximate surface area is 237 Å². The molecule has 1 saturated heterocycles. The van der Waals surface area contributed by atoms with Crippen molar-refractivity contribution in [2.45, 2.75) is 39.3 Å². The van der Waals surface area contributed by atoms with Crippen molar-refractivity contribution in [2.75, 3.05) is 11.9 Å². The molecule has 38 heavy (non-hydrogen) atoms. The zero-order valence-corrected chi connectivity index (χ0v) is 24.0. The van der Waals surface area contributed by atoms with Crippen LogP contribution in [-0.2, 0) is 4.79 Å². The van der Waals surface area contributed by atoms with Crippen molar-refractivity contribution in [3.8, 4) is 5.69 Å². The highest BCUT2D eigenvalue weighted by Crippen LogP contribution is 2.41. The lowest BCUT2D eigenvalue weighted by Crippen LogP contribution is -2.32. The molecule has 1 fully saturated rings. The number of pyridine rings is 1. The third kappa shape index (κ3) is 5.37. The first-order valence-corrected chi connectivity index (χ1v) is 13.8. The molecular weight excluding hydrogens is 558 g/mol. The number of amides is 1. The fourth-order valence-corrected chi connectivity index (χ4v) is 5.97. The second-order valence-corrected chi connectivity index (χ2v) is 10.9. The molecule has 0 bridgehead atoms. The smallest absolute Gasteiger partial charge is 0.226 e. The van der Waals surface area contributed by atoms with Crippen molar-refractivity contribution in [3.05, 3.63) is 112 Å². The Balaban J connectivity index is 1.47. The SMILES string of the molecule is Cc1cccc(NC(=O)CCN2C(=S)N[C@@H](c3ccccn3)[C@H]2c2cc(C)n(-c3cccc(Br)c3)c2C)c1. The number of aromatic nitrogens is 2. The summed E-state index contributed by atoms with van der Waals surface area (Å²) in [6.07, 6.45) is 2.12. The Morgan fingerprint density at radius 1 is 1.05 bits per heavy atom. The number of carbonyl (C=O) groups excluding carboxylic acids is 1. The van der Waals surface area contributed by atoms with Gasteiger partial charge in [-0.25, -0.2) is 0 Å². The number of halogens is 1. The van der Waals surface area contributed by atoms with E-state index in [9.17, 15) is 4.79 Å². The molecule has 4 aromatic rings. The largest absolute Gasteiger partial charge is 0.352 e. The highest BCUT2D eigenvalue weighted by molar-refractivity contribution is 9.10. The van der Waals surface area contributed by atoms with Crippen molar-refractivity contribution in [3.63, 3.8) is 0 Å². The summed E-state index contributed by atoms with van der Waals surface area (Å²) in [6, 6.07) is 24.0. The maximum Gasteiger partial charge on any atom is 0.226 e. The molecule has 194 valence electrons. The van der Waals surface area contributed by atoms with Gasteiger partial charge in [-0.15, -0.1) is 0 Å². The van der Waals surface area contributed by atoms with Crippen LogP contribution in [0.1, 0.15) is 46.7 Å². The summed E-state index contributed by atoms with van der Waals surface area (Å²) in [6.45, 7) is 6.76. The van der Waals surface area contributed by atoms with Gasteiger partial charge in [-0.1, -0.05) is 40.2 Å². The van der Waals surface area contributed by atoms with Gasteiger partial charge in [0.2, 0.25) is 5.91 Å². The third-order valence-corrected chi connectivity index (χ3v) is 7.78. The van der Waals surface area contributed by atoms with Crippen LogP contribution in [0.15, 0.2) is 83.5 Å². The van der Waals surface area contributed by atoms with Gasteiger partial charge in [0.05, 0.1) is 17.8 Å². The second kappa shape index (κ2) is 11.1. The quantitative estimate of drug-likeness (QED) is 0.240. The average molecular weight is 589 g/mol. The molecule has 1 aliphatic heterocycles. The molecule has 0 unspecified atom stereocenters. The predicted molar refractivity (Wildman–Crippen MR) is 160 cm³/mol. The van der Waals surface area contributed by atoms with Crippen LogP contribution in [-0.4, -0.2) is 32.0 Å². The third-order valence-electron chi connectivity index (χ3n) is 6.93.